The van der Waals surface area contributed by atoms with E-state index in [0.29, 0.717) is 5.69 Å². The van der Waals surface area contributed by atoms with Crippen molar-refractivity contribution in [3.05, 3.63) is 54.4 Å². The number of nitrogen functional groups attached to an aromatic ring is 1. The van der Waals surface area contributed by atoms with E-state index in [2.05, 4.69) is 17.1 Å². The largest absolute Gasteiger partial charge is 0.506 e. The fraction of sp³-hybridized carbons (Fsp3) is 0.0714. The van der Waals surface area contributed by atoms with E-state index < -0.39 is 0 Å². The van der Waals surface area contributed by atoms with Gasteiger partial charge in [-0.25, -0.2) is 4.98 Å². The molecule has 0 aliphatic carbocycles. The zero-order valence-electron chi connectivity index (χ0n) is 9.74. The monoisotopic (exact) mass is 239 g/mol. The lowest BCUT2D eigenvalue weighted by Crippen LogP contribution is -1.98. The minimum Gasteiger partial charge on any atom is -0.506 e. The van der Waals surface area contributed by atoms with Crippen LogP contribution in [0.1, 0.15) is 5.56 Å². The van der Waals surface area contributed by atoms with Crippen molar-refractivity contribution in [3.63, 3.8) is 0 Å². The Morgan fingerprint density at radius 1 is 1.17 bits per heavy atom. The standard InChI is InChI=1S/C14H13N3O/c15-11-6-13-12(7-14(11)18)16-9-17(13)8-10-4-2-1-3-5-10/h1-7,9,18H,8,15H2. The predicted molar refractivity (Wildman–Crippen MR) is 71.4 cm³/mol. The zero-order chi connectivity index (χ0) is 12.5. The Labute approximate surface area is 104 Å². The molecule has 2 aromatic carbocycles. The maximum Gasteiger partial charge on any atom is 0.140 e. The fourth-order valence-corrected chi connectivity index (χ4v) is 2.02. The molecule has 0 amide bonds. The molecule has 0 saturated heterocycles. The lowest BCUT2D eigenvalue weighted by Gasteiger charge is -2.05. The average Bonchev–Trinajstić information content (AvgIpc) is 2.74. The van der Waals surface area contributed by atoms with Gasteiger partial charge < -0.3 is 15.4 Å². The highest BCUT2D eigenvalue weighted by molar-refractivity contribution is 5.82. The summed E-state index contributed by atoms with van der Waals surface area (Å²) in [5, 5.41) is 9.54. The first-order valence-electron chi connectivity index (χ1n) is 5.71. The molecule has 0 aliphatic rings. The van der Waals surface area contributed by atoms with Gasteiger partial charge in [-0.05, 0) is 11.6 Å². The summed E-state index contributed by atoms with van der Waals surface area (Å²) >= 11 is 0. The Hall–Kier alpha value is -2.49. The van der Waals surface area contributed by atoms with Crippen LogP contribution in [-0.4, -0.2) is 14.7 Å². The summed E-state index contributed by atoms with van der Waals surface area (Å²) in [4.78, 5) is 4.26. The van der Waals surface area contributed by atoms with Crippen LogP contribution in [-0.2, 0) is 6.54 Å². The van der Waals surface area contributed by atoms with Crippen molar-refractivity contribution in [2.45, 2.75) is 6.54 Å². The van der Waals surface area contributed by atoms with Crippen LogP contribution in [0.2, 0.25) is 0 Å². The summed E-state index contributed by atoms with van der Waals surface area (Å²) in [6.45, 7) is 0.738. The van der Waals surface area contributed by atoms with Gasteiger partial charge in [-0.1, -0.05) is 30.3 Å². The van der Waals surface area contributed by atoms with Gasteiger partial charge in [-0.2, -0.15) is 0 Å². The van der Waals surface area contributed by atoms with E-state index >= 15 is 0 Å². The van der Waals surface area contributed by atoms with E-state index in [4.69, 9.17) is 5.73 Å². The summed E-state index contributed by atoms with van der Waals surface area (Å²) in [5.41, 5.74) is 8.96. The number of nitrogens with two attached hydrogens (primary N) is 1. The summed E-state index contributed by atoms with van der Waals surface area (Å²) in [7, 11) is 0. The lowest BCUT2D eigenvalue weighted by molar-refractivity contribution is 0.478. The zero-order valence-corrected chi connectivity index (χ0v) is 9.74. The quantitative estimate of drug-likeness (QED) is 0.533. The Bertz CT molecular complexity index is 689. The van der Waals surface area contributed by atoms with Crippen molar-refractivity contribution in [1.82, 2.24) is 9.55 Å². The first kappa shape index (κ1) is 10.7. The molecule has 3 aromatic rings. The summed E-state index contributed by atoms with van der Waals surface area (Å²) in [6, 6.07) is 13.5. The molecule has 0 atom stereocenters. The first-order valence-corrected chi connectivity index (χ1v) is 5.71. The molecular weight excluding hydrogens is 226 g/mol. The summed E-state index contributed by atoms with van der Waals surface area (Å²) in [6.07, 6.45) is 1.76. The fourth-order valence-electron chi connectivity index (χ4n) is 2.02. The molecule has 0 spiro atoms. The van der Waals surface area contributed by atoms with Crippen LogP contribution in [0, 0.1) is 0 Å². The number of anilines is 1. The number of nitrogens with zero attached hydrogens (tertiary/aromatic N) is 2. The third-order valence-electron chi connectivity index (χ3n) is 2.97. The van der Waals surface area contributed by atoms with Crippen LogP contribution in [0.3, 0.4) is 0 Å². The van der Waals surface area contributed by atoms with Crippen LogP contribution in [0.25, 0.3) is 11.0 Å². The van der Waals surface area contributed by atoms with Crippen LogP contribution < -0.4 is 5.73 Å². The van der Waals surface area contributed by atoms with Crippen LogP contribution in [0.15, 0.2) is 48.8 Å². The molecule has 3 rings (SSSR count). The van der Waals surface area contributed by atoms with Gasteiger partial charge >= 0.3 is 0 Å². The van der Waals surface area contributed by atoms with E-state index in [1.165, 1.54) is 5.56 Å². The molecule has 3 N–H and O–H groups in total. The number of imidazole rings is 1. The van der Waals surface area contributed by atoms with Crippen LogP contribution in [0.4, 0.5) is 5.69 Å². The van der Waals surface area contributed by atoms with Crippen molar-refractivity contribution in [3.8, 4) is 5.75 Å². The summed E-state index contributed by atoms with van der Waals surface area (Å²) in [5.74, 6) is 0.0764. The van der Waals surface area contributed by atoms with Gasteiger partial charge in [0.15, 0.2) is 0 Å². The van der Waals surface area contributed by atoms with Gasteiger partial charge in [-0.3, -0.25) is 0 Å². The number of aromatic hydroxyl groups is 1. The molecule has 0 unspecified atom stereocenters. The minimum absolute atomic E-state index is 0.0764. The highest BCUT2D eigenvalue weighted by atomic mass is 16.3. The molecule has 18 heavy (non-hydrogen) atoms. The van der Waals surface area contributed by atoms with Crippen molar-refractivity contribution < 1.29 is 5.11 Å². The highest BCUT2D eigenvalue weighted by Gasteiger charge is 2.06. The van der Waals surface area contributed by atoms with Crippen molar-refractivity contribution in [2.24, 2.45) is 0 Å². The number of rotatable bonds is 2. The third kappa shape index (κ3) is 1.78. The van der Waals surface area contributed by atoms with Gasteiger partial charge in [0, 0.05) is 12.6 Å². The lowest BCUT2D eigenvalue weighted by atomic mass is 10.2. The Kier molecular flexibility index (Phi) is 2.41. The maximum absolute atomic E-state index is 9.54. The average molecular weight is 239 g/mol. The van der Waals surface area contributed by atoms with Crippen molar-refractivity contribution >= 4 is 16.7 Å². The number of hydrogen-bond acceptors (Lipinski definition) is 3. The topological polar surface area (TPSA) is 64.1 Å². The number of aromatic nitrogens is 2. The van der Waals surface area contributed by atoms with Gasteiger partial charge in [0.25, 0.3) is 0 Å². The van der Waals surface area contributed by atoms with Crippen molar-refractivity contribution in [2.75, 3.05) is 5.73 Å². The van der Waals surface area contributed by atoms with Crippen LogP contribution in [0.5, 0.6) is 5.75 Å². The SMILES string of the molecule is Nc1cc2c(cc1O)ncn2Cc1ccccc1. The van der Waals surface area contributed by atoms with E-state index in [1.54, 1.807) is 18.5 Å². The van der Waals surface area contributed by atoms with E-state index in [9.17, 15) is 5.11 Å². The number of phenolic OH excluding ortho intramolecular Hbond substituents is 1. The molecule has 4 nitrogen and oxygen atoms in total. The molecule has 0 bridgehead atoms. The Morgan fingerprint density at radius 2 is 1.94 bits per heavy atom. The number of fused-ring (bicyclic) bond motifs is 1. The van der Waals surface area contributed by atoms with E-state index in [-0.39, 0.29) is 5.75 Å². The normalized spacial score (nSPS) is 10.9. The second-order valence-electron chi connectivity index (χ2n) is 4.26. The molecule has 0 radical (unpaired) electrons. The molecule has 4 heteroatoms. The number of hydrogen-bond donors (Lipinski definition) is 2. The van der Waals surface area contributed by atoms with E-state index in [0.717, 1.165) is 17.6 Å². The van der Waals surface area contributed by atoms with E-state index in [1.807, 2.05) is 22.8 Å². The second kappa shape index (κ2) is 4.07. The predicted octanol–water partition coefficient (Wildman–Crippen LogP) is 2.37. The van der Waals surface area contributed by atoms with Gasteiger partial charge in [0.1, 0.15) is 5.75 Å². The molecule has 90 valence electrons. The molecule has 0 saturated carbocycles. The van der Waals surface area contributed by atoms with Gasteiger partial charge in [-0.15, -0.1) is 0 Å². The number of benzene rings is 2. The Balaban J connectivity index is 2.05. The molecule has 1 aromatic heterocycles. The third-order valence-corrected chi connectivity index (χ3v) is 2.97. The first-order chi connectivity index (χ1) is 8.74. The second-order valence-corrected chi connectivity index (χ2v) is 4.26. The summed E-state index contributed by atoms with van der Waals surface area (Å²) < 4.78 is 2.01. The van der Waals surface area contributed by atoms with Crippen LogP contribution >= 0.6 is 0 Å². The van der Waals surface area contributed by atoms with Crippen molar-refractivity contribution in [1.29, 1.82) is 0 Å². The molecule has 0 fully saturated rings. The molecular formula is C14H13N3O. The maximum atomic E-state index is 9.54. The molecule has 0 aliphatic heterocycles. The van der Waals surface area contributed by atoms with Gasteiger partial charge in [0.2, 0.25) is 0 Å². The highest BCUT2D eigenvalue weighted by Crippen LogP contribution is 2.26. The minimum atomic E-state index is 0.0764. The smallest absolute Gasteiger partial charge is 0.140 e. The molecule has 1 heterocycles. The number of phenols is 1. The van der Waals surface area contributed by atoms with Gasteiger partial charge in [0.05, 0.1) is 23.0 Å². The Morgan fingerprint density at radius 3 is 2.72 bits per heavy atom.